The number of piperidine rings is 1. The van der Waals surface area contributed by atoms with Crippen LogP contribution >= 0.6 is 0 Å². The Morgan fingerprint density at radius 2 is 1.86 bits per heavy atom. The second-order valence-electron chi connectivity index (χ2n) is 6.94. The van der Waals surface area contributed by atoms with Crippen LogP contribution in [0.5, 0.6) is 0 Å². The van der Waals surface area contributed by atoms with Crippen LogP contribution in [0.3, 0.4) is 0 Å². The maximum absolute atomic E-state index is 13.2. The number of aromatic nitrogens is 4. The van der Waals surface area contributed by atoms with Crippen molar-refractivity contribution in [1.29, 1.82) is 0 Å². The Balaban J connectivity index is 1.85. The van der Waals surface area contributed by atoms with Crippen LogP contribution in [0.15, 0.2) is 35.1 Å². The van der Waals surface area contributed by atoms with Gasteiger partial charge in [-0.3, -0.25) is 13.9 Å². The van der Waals surface area contributed by atoms with E-state index in [1.54, 1.807) is 14.0 Å². The lowest BCUT2D eigenvalue weighted by Crippen LogP contribution is -2.32. The Labute approximate surface area is 164 Å². The predicted molar refractivity (Wildman–Crippen MR) is 112 cm³/mol. The molecule has 7 nitrogen and oxygen atoms in total. The number of fused-ring (bicyclic) bond motifs is 1. The number of benzene rings is 1. The average molecular weight is 376 g/mol. The highest BCUT2D eigenvalue weighted by molar-refractivity contribution is 5.76. The van der Waals surface area contributed by atoms with Gasteiger partial charge in [0.15, 0.2) is 11.2 Å². The van der Waals surface area contributed by atoms with Crippen LogP contribution in [0.25, 0.3) is 11.2 Å². The van der Waals surface area contributed by atoms with E-state index < -0.39 is 0 Å². The molecule has 1 aliphatic rings. The largest absolute Gasteiger partial charge is 0.342 e. The Bertz CT molecular complexity index is 1100. The zero-order chi connectivity index (χ0) is 19.5. The highest BCUT2D eigenvalue weighted by Gasteiger charge is 2.23. The number of nitrogens with zero attached hydrogens (tertiary/aromatic N) is 5. The number of rotatable bonds is 4. The third kappa shape index (κ3) is 3.33. The lowest BCUT2D eigenvalue weighted by Gasteiger charge is -2.27. The molecule has 7 heteroatoms. The first-order valence-electron chi connectivity index (χ1n) is 9.63. The van der Waals surface area contributed by atoms with Crippen molar-refractivity contribution in [3.63, 3.8) is 0 Å². The van der Waals surface area contributed by atoms with E-state index >= 15 is 0 Å². The Hall–Kier alpha value is -3.27. The number of hydrogen-bond donors (Lipinski definition) is 1. The molecule has 0 amide bonds. The van der Waals surface area contributed by atoms with Gasteiger partial charge < -0.3 is 10.2 Å². The molecule has 28 heavy (non-hydrogen) atoms. The fraction of sp³-hybridized carbons (Fsp3) is 0.381. The van der Waals surface area contributed by atoms with Gasteiger partial charge in [0.2, 0.25) is 11.9 Å². The number of hydrogen-bond acceptors (Lipinski definition) is 5. The Morgan fingerprint density at radius 3 is 2.57 bits per heavy atom. The smallest absolute Gasteiger partial charge is 0.281 e. The van der Waals surface area contributed by atoms with E-state index in [0.717, 1.165) is 37.6 Å². The molecule has 2 aromatic heterocycles. The van der Waals surface area contributed by atoms with Crippen molar-refractivity contribution in [3.05, 3.63) is 40.7 Å². The molecule has 0 aliphatic carbocycles. The SMILES string of the molecule is CC#CCn1c(N2CCCCC2)nc2nc(Nc3ccccc3)n(C)c(=O)c21. The summed E-state index contributed by atoms with van der Waals surface area (Å²) in [6, 6.07) is 9.69. The quantitative estimate of drug-likeness (QED) is 0.709. The summed E-state index contributed by atoms with van der Waals surface area (Å²) in [4.78, 5) is 24.8. The van der Waals surface area contributed by atoms with Crippen LogP contribution in [-0.2, 0) is 13.6 Å². The van der Waals surface area contributed by atoms with Gasteiger partial charge >= 0.3 is 0 Å². The number of para-hydroxylation sites is 1. The fourth-order valence-corrected chi connectivity index (χ4v) is 3.55. The first kappa shape index (κ1) is 18.1. The molecule has 0 unspecified atom stereocenters. The third-order valence-corrected chi connectivity index (χ3v) is 5.05. The standard InChI is InChI=1S/C21H24N6O/c1-3-4-15-27-17-18(24-21(27)26-13-9-6-10-14-26)23-20(25(2)19(17)28)22-16-11-7-5-8-12-16/h5,7-8,11-12H,6,9-10,13-15H2,1-2H3,(H,22,23). The van der Waals surface area contributed by atoms with E-state index in [4.69, 9.17) is 4.98 Å². The molecule has 1 fully saturated rings. The minimum absolute atomic E-state index is 0.128. The summed E-state index contributed by atoms with van der Waals surface area (Å²) in [5.41, 5.74) is 1.71. The number of imidazole rings is 1. The van der Waals surface area contributed by atoms with Crippen molar-refractivity contribution in [1.82, 2.24) is 19.1 Å². The van der Waals surface area contributed by atoms with Crippen molar-refractivity contribution in [3.8, 4) is 11.8 Å². The van der Waals surface area contributed by atoms with Gasteiger partial charge in [-0.1, -0.05) is 24.1 Å². The van der Waals surface area contributed by atoms with E-state index in [1.165, 1.54) is 11.0 Å². The molecule has 0 saturated carbocycles. The molecular formula is C21H24N6O. The zero-order valence-corrected chi connectivity index (χ0v) is 16.3. The number of anilines is 3. The van der Waals surface area contributed by atoms with Crippen LogP contribution in [-0.4, -0.2) is 32.2 Å². The first-order chi connectivity index (χ1) is 13.7. The summed E-state index contributed by atoms with van der Waals surface area (Å²) >= 11 is 0. The van der Waals surface area contributed by atoms with Crippen molar-refractivity contribution >= 4 is 28.7 Å². The molecule has 1 N–H and O–H groups in total. The van der Waals surface area contributed by atoms with Gasteiger partial charge in [-0.2, -0.15) is 9.97 Å². The molecule has 144 valence electrons. The molecule has 0 bridgehead atoms. The molecule has 3 aromatic rings. The molecular weight excluding hydrogens is 352 g/mol. The maximum atomic E-state index is 13.2. The third-order valence-electron chi connectivity index (χ3n) is 5.05. The number of nitrogens with one attached hydrogen (secondary N) is 1. The molecule has 1 aromatic carbocycles. The zero-order valence-electron chi connectivity index (χ0n) is 16.3. The van der Waals surface area contributed by atoms with E-state index in [-0.39, 0.29) is 5.56 Å². The summed E-state index contributed by atoms with van der Waals surface area (Å²) < 4.78 is 3.45. The van der Waals surface area contributed by atoms with E-state index in [1.807, 2.05) is 34.9 Å². The van der Waals surface area contributed by atoms with E-state index in [0.29, 0.717) is 23.7 Å². The van der Waals surface area contributed by atoms with Gasteiger partial charge in [-0.15, -0.1) is 5.92 Å². The van der Waals surface area contributed by atoms with Crippen molar-refractivity contribution in [2.75, 3.05) is 23.3 Å². The fourth-order valence-electron chi connectivity index (χ4n) is 3.55. The summed E-state index contributed by atoms with van der Waals surface area (Å²) in [7, 11) is 1.73. The topological polar surface area (TPSA) is 68.0 Å². The summed E-state index contributed by atoms with van der Waals surface area (Å²) in [5, 5.41) is 3.22. The lowest BCUT2D eigenvalue weighted by molar-refractivity contribution is 0.561. The van der Waals surface area contributed by atoms with Crippen molar-refractivity contribution in [2.45, 2.75) is 32.7 Å². The molecule has 3 heterocycles. The molecule has 0 radical (unpaired) electrons. The minimum atomic E-state index is -0.128. The van der Waals surface area contributed by atoms with Gasteiger partial charge in [0, 0.05) is 25.8 Å². The van der Waals surface area contributed by atoms with Gasteiger partial charge in [0.05, 0.1) is 6.54 Å². The average Bonchev–Trinajstić information content (AvgIpc) is 3.10. The second-order valence-corrected chi connectivity index (χ2v) is 6.94. The lowest BCUT2D eigenvalue weighted by atomic mass is 10.1. The van der Waals surface area contributed by atoms with Gasteiger partial charge in [0.1, 0.15) is 0 Å². The molecule has 1 aliphatic heterocycles. The van der Waals surface area contributed by atoms with Crippen LogP contribution in [0, 0.1) is 11.8 Å². The van der Waals surface area contributed by atoms with Gasteiger partial charge in [-0.25, -0.2) is 0 Å². The highest BCUT2D eigenvalue weighted by atomic mass is 16.1. The molecule has 4 rings (SSSR count). The van der Waals surface area contributed by atoms with Crippen LogP contribution < -0.4 is 15.8 Å². The van der Waals surface area contributed by atoms with E-state index in [9.17, 15) is 4.79 Å². The maximum Gasteiger partial charge on any atom is 0.281 e. The first-order valence-corrected chi connectivity index (χ1v) is 9.63. The van der Waals surface area contributed by atoms with Crippen LogP contribution in [0.1, 0.15) is 26.2 Å². The van der Waals surface area contributed by atoms with Gasteiger partial charge in [0.25, 0.3) is 5.56 Å². The van der Waals surface area contributed by atoms with E-state index in [2.05, 4.69) is 27.0 Å². The predicted octanol–water partition coefficient (Wildman–Crippen LogP) is 2.89. The second kappa shape index (κ2) is 7.77. The Kier molecular flexibility index (Phi) is 5.02. The summed E-state index contributed by atoms with van der Waals surface area (Å²) in [5.74, 6) is 7.26. The van der Waals surface area contributed by atoms with Crippen molar-refractivity contribution < 1.29 is 0 Å². The molecule has 1 saturated heterocycles. The molecule has 0 atom stereocenters. The van der Waals surface area contributed by atoms with Crippen LogP contribution in [0.4, 0.5) is 17.6 Å². The summed E-state index contributed by atoms with van der Waals surface area (Å²) in [6.07, 6.45) is 3.50. The van der Waals surface area contributed by atoms with Gasteiger partial charge in [-0.05, 0) is 38.3 Å². The normalized spacial score (nSPS) is 14.0. The Morgan fingerprint density at radius 1 is 1.11 bits per heavy atom. The molecule has 0 spiro atoms. The van der Waals surface area contributed by atoms with Crippen molar-refractivity contribution in [2.24, 2.45) is 7.05 Å². The summed E-state index contributed by atoms with van der Waals surface area (Å²) in [6.45, 7) is 4.12. The minimum Gasteiger partial charge on any atom is -0.342 e. The van der Waals surface area contributed by atoms with Crippen LogP contribution in [0.2, 0.25) is 0 Å². The highest BCUT2D eigenvalue weighted by Crippen LogP contribution is 2.24. The monoisotopic (exact) mass is 376 g/mol.